The van der Waals surface area contributed by atoms with E-state index in [2.05, 4.69) is 20.6 Å². The van der Waals surface area contributed by atoms with E-state index in [0.717, 1.165) is 0 Å². The molecule has 0 atom stereocenters. The highest BCUT2D eigenvalue weighted by Gasteiger charge is 2.19. The average Bonchev–Trinajstić information content (AvgIpc) is 2.55. The number of aromatic carboxylic acids is 1. The second kappa shape index (κ2) is 7.32. The minimum Gasteiger partial charge on any atom is -0.476 e. The van der Waals surface area contributed by atoms with Gasteiger partial charge in [-0.25, -0.2) is 14.8 Å². The summed E-state index contributed by atoms with van der Waals surface area (Å²) in [5.74, 6) is -2.37. The molecule has 8 nitrogen and oxygen atoms in total. The number of carboxylic acids is 1. The van der Waals surface area contributed by atoms with Gasteiger partial charge in [0, 0.05) is 29.7 Å². The van der Waals surface area contributed by atoms with Gasteiger partial charge in [-0.2, -0.15) is 0 Å². The number of hydrogen-bond acceptors (Lipinski definition) is 5. The molecule has 2 aromatic rings. The second-order valence-electron chi connectivity index (χ2n) is 5.24. The standard InChI is InChI=1S/C16H16N4O4/c1-9(2)14(21)19-10-4-3-5-11(8-10)20-15(22)12-13(16(23)24)18-7-6-17-12/h3-9H,1-2H3,(H,19,21)(H,20,22)(H,23,24). The summed E-state index contributed by atoms with van der Waals surface area (Å²) in [5, 5.41) is 14.3. The van der Waals surface area contributed by atoms with E-state index in [-0.39, 0.29) is 17.5 Å². The molecular formula is C16H16N4O4. The van der Waals surface area contributed by atoms with E-state index in [4.69, 9.17) is 5.11 Å². The van der Waals surface area contributed by atoms with Crippen molar-refractivity contribution in [3.8, 4) is 0 Å². The summed E-state index contributed by atoms with van der Waals surface area (Å²) in [7, 11) is 0. The van der Waals surface area contributed by atoms with E-state index < -0.39 is 17.6 Å². The molecule has 0 aliphatic heterocycles. The lowest BCUT2D eigenvalue weighted by molar-refractivity contribution is -0.118. The number of carbonyl (C=O) groups excluding carboxylic acids is 2. The lowest BCUT2D eigenvalue weighted by Gasteiger charge is -2.10. The lowest BCUT2D eigenvalue weighted by atomic mass is 10.2. The number of benzene rings is 1. The van der Waals surface area contributed by atoms with Crippen molar-refractivity contribution in [3.63, 3.8) is 0 Å². The molecule has 3 N–H and O–H groups in total. The van der Waals surface area contributed by atoms with Gasteiger partial charge in [0.05, 0.1) is 0 Å². The zero-order valence-corrected chi connectivity index (χ0v) is 13.1. The van der Waals surface area contributed by atoms with Crippen molar-refractivity contribution >= 4 is 29.2 Å². The summed E-state index contributed by atoms with van der Waals surface area (Å²) in [4.78, 5) is 42.4. The van der Waals surface area contributed by atoms with Gasteiger partial charge in [-0.1, -0.05) is 19.9 Å². The van der Waals surface area contributed by atoms with Crippen LogP contribution in [0, 0.1) is 5.92 Å². The minimum absolute atomic E-state index is 0.152. The van der Waals surface area contributed by atoms with Gasteiger partial charge in [0.1, 0.15) is 0 Å². The highest BCUT2D eigenvalue weighted by atomic mass is 16.4. The Bertz CT molecular complexity index is 789. The maximum absolute atomic E-state index is 12.2. The number of rotatable bonds is 5. The fraction of sp³-hybridized carbons (Fsp3) is 0.188. The van der Waals surface area contributed by atoms with Gasteiger partial charge in [0.25, 0.3) is 5.91 Å². The largest absolute Gasteiger partial charge is 0.476 e. The van der Waals surface area contributed by atoms with Crippen LogP contribution in [0.2, 0.25) is 0 Å². The van der Waals surface area contributed by atoms with Gasteiger partial charge in [-0.05, 0) is 18.2 Å². The van der Waals surface area contributed by atoms with E-state index in [1.165, 1.54) is 12.4 Å². The highest BCUT2D eigenvalue weighted by molar-refractivity contribution is 6.08. The fourth-order valence-electron chi connectivity index (χ4n) is 1.81. The van der Waals surface area contributed by atoms with Gasteiger partial charge >= 0.3 is 5.97 Å². The Morgan fingerprint density at radius 2 is 1.58 bits per heavy atom. The van der Waals surface area contributed by atoms with E-state index in [9.17, 15) is 14.4 Å². The maximum Gasteiger partial charge on any atom is 0.356 e. The molecule has 0 bridgehead atoms. The van der Waals surface area contributed by atoms with Crippen LogP contribution in [0.5, 0.6) is 0 Å². The number of amides is 2. The molecule has 124 valence electrons. The maximum atomic E-state index is 12.2. The Balaban J connectivity index is 2.18. The zero-order valence-electron chi connectivity index (χ0n) is 13.1. The number of hydrogen-bond donors (Lipinski definition) is 3. The summed E-state index contributed by atoms with van der Waals surface area (Å²) in [5.41, 5.74) is 0.188. The Labute approximate surface area is 137 Å². The van der Waals surface area contributed by atoms with E-state index in [0.29, 0.717) is 11.4 Å². The quantitative estimate of drug-likeness (QED) is 0.772. The molecule has 2 rings (SSSR count). The first-order chi connectivity index (χ1) is 11.4. The van der Waals surface area contributed by atoms with E-state index in [1.54, 1.807) is 38.1 Å². The smallest absolute Gasteiger partial charge is 0.356 e. The summed E-state index contributed by atoms with van der Waals surface area (Å²) < 4.78 is 0. The van der Waals surface area contributed by atoms with Gasteiger partial charge in [-0.15, -0.1) is 0 Å². The topological polar surface area (TPSA) is 121 Å². The van der Waals surface area contributed by atoms with Crippen LogP contribution in [0.4, 0.5) is 11.4 Å². The van der Waals surface area contributed by atoms with Crippen molar-refractivity contribution < 1.29 is 19.5 Å². The van der Waals surface area contributed by atoms with Gasteiger partial charge < -0.3 is 15.7 Å². The van der Waals surface area contributed by atoms with Crippen molar-refractivity contribution in [1.29, 1.82) is 0 Å². The molecule has 0 unspecified atom stereocenters. The lowest BCUT2D eigenvalue weighted by Crippen LogP contribution is -2.20. The summed E-state index contributed by atoms with van der Waals surface area (Å²) >= 11 is 0. The van der Waals surface area contributed by atoms with Crippen LogP contribution >= 0.6 is 0 Å². The molecule has 0 saturated carbocycles. The number of aromatic nitrogens is 2. The van der Waals surface area contributed by atoms with Gasteiger partial charge in [-0.3, -0.25) is 9.59 Å². The van der Waals surface area contributed by atoms with Crippen LogP contribution in [0.15, 0.2) is 36.7 Å². The molecule has 0 aliphatic carbocycles. The zero-order chi connectivity index (χ0) is 17.7. The molecule has 1 heterocycles. The second-order valence-corrected chi connectivity index (χ2v) is 5.24. The summed E-state index contributed by atoms with van der Waals surface area (Å²) in [6.45, 7) is 3.53. The van der Waals surface area contributed by atoms with Crippen LogP contribution in [-0.2, 0) is 4.79 Å². The number of nitrogens with one attached hydrogen (secondary N) is 2. The average molecular weight is 328 g/mol. The fourth-order valence-corrected chi connectivity index (χ4v) is 1.81. The molecular weight excluding hydrogens is 312 g/mol. The third-order valence-electron chi connectivity index (χ3n) is 3.03. The van der Waals surface area contributed by atoms with E-state index >= 15 is 0 Å². The molecule has 24 heavy (non-hydrogen) atoms. The predicted octanol–water partition coefficient (Wildman–Crippen LogP) is 2.02. The van der Waals surface area contributed by atoms with Crippen molar-refractivity contribution in [1.82, 2.24) is 9.97 Å². The van der Waals surface area contributed by atoms with Crippen LogP contribution < -0.4 is 10.6 Å². The predicted molar refractivity (Wildman–Crippen MR) is 86.9 cm³/mol. The first-order valence-electron chi connectivity index (χ1n) is 7.15. The van der Waals surface area contributed by atoms with E-state index in [1.807, 2.05) is 0 Å². The molecule has 1 aromatic heterocycles. The normalized spacial score (nSPS) is 10.3. The molecule has 1 aromatic carbocycles. The third-order valence-corrected chi connectivity index (χ3v) is 3.03. The van der Waals surface area contributed by atoms with Crippen LogP contribution in [-0.4, -0.2) is 32.9 Å². The molecule has 0 radical (unpaired) electrons. The summed E-state index contributed by atoms with van der Waals surface area (Å²) in [6.07, 6.45) is 2.43. The molecule has 0 saturated heterocycles. The molecule has 8 heteroatoms. The Kier molecular flexibility index (Phi) is 5.20. The van der Waals surface area contributed by atoms with Gasteiger partial charge in [0.2, 0.25) is 5.91 Å². The number of nitrogens with zero attached hydrogens (tertiary/aromatic N) is 2. The van der Waals surface area contributed by atoms with Crippen molar-refractivity contribution in [2.45, 2.75) is 13.8 Å². The Morgan fingerprint density at radius 3 is 2.17 bits per heavy atom. The number of carbonyl (C=O) groups is 3. The molecule has 0 aliphatic rings. The number of carboxylic acid groups (broad SMARTS) is 1. The van der Waals surface area contributed by atoms with Crippen molar-refractivity contribution in [2.75, 3.05) is 10.6 Å². The van der Waals surface area contributed by atoms with Crippen LogP contribution in [0.3, 0.4) is 0 Å². The first kappa shape index (κ1) is 17.1. The first-order valence-corrected chi connectivity index (χ1v) is 7.15. The van der Waals surface area contributed by atoms with Gasteiger partial charge in [0.15, 0.2) is 11.4 Å². The summed E-state index contributed by atoms with van der Waals surface area (Å²) in [6, 6.07) is 6.51. The molecule has 0 fully saturated rings. The minimum atomic E-state index is -1.34. The number of anilines is 2. The monoisotopic (exact) mass is 328 g/mol. The van der Waals surface area contributed by atoms with Crippen molar-refractivity contribution in [3.05, 3.63) is 48.0 Å². The Morgan fingerprint density at radius 1 is 1.00 bits per heavy atom. The molecule has 0 spiro atoms. The highest BCUT2D eigenvalue weighted by Crippen LogP contribution is 2.17. The van der Waals surface area contributed by atoms with Crippen LogP contribution in [0.25, 0.3) is 0 Å². The molecule has 2 amide bonds. The SMILES string of the molecule is CC(C)C(=O)Nc1cccc(NC(=O)c2nccnc2C(=O)O)c1. The third kappa shape index (κ3) is 4.13. The van der Waals surface area contributed by atoms with Crippen LogP contribution in [0.1, 0.15) is 34.8 Å². The Hall–Kier alpha value is -3.29. The van der Waals surface area contributed by atoms with Crippen molar-refractivity contribution in [2.24, 2.45) is 5.92 Å².